The van der Waals surface area contributed by atoms with Crippen LogP contribution in [0.5, 0.6) is 5.75 Å². The minimum atomic E-state index is 0.0129. The van der Waals surface area contributed by atoms with Gasteiger partial charge in [0.2, 0.25) is 11.9 Å². The third-order valence-electron chi connectivity index (χ3n) is 6.11. The van der Waals surface area contributed by atoms with Crippen LogP contribution in [0, 0.1) is 0 Å². The minimum Gasteiger partial charge on any atom is -0.495 e. The molecule has 6 nitrogen and oxygen atoms in total. The number of nitrogens with one attached hydrogen (secondary N) is 2. The Balaban J connectivity index is 1.65. The van der Waals surface area contributed by atoms with Crippen molar-refractivity contribution >= 4 is 40.9 Å². The zero-order valence-electron chi connectivity index (χ0n) is 20.9. The van der Waals surface area contributed by atoms with Crippen molar-refractivity contribution in [1.29, 1.82) is 0 Å². The summed E-state index contributed by atoms with van der Waals surface area (Å²) in [5.41, 5.74) is 2.06. The van der Waals surface area contributed by atoms with Crippen molar-refractivity contribution in [3.05, 3.63) is 53.1 Å². The maximum Gasteiger partial charge on any atom is 0.233 e. The molecule has 0 amide bonds. The lowest BCUT2D eigenvalue weighted by Crippen LogP contribution is -2.20. The highest BCUT2D eigenvalue weighted by Crippen LogP contribution is 2.36. The predicted molar refractivity (Wildman–Crippen MR) is 145 cm³/mol. The van der Waals surface area contributed by atoms with E-state index in [9.17, 15) is 0 Å². The van der Waals surface area contributed by atoms with Gasteiger partial charge in [-0.3, -0.25) is 0 Å². The molecule has 35 heavy (non-hydrogen) atoms. The molecule has 1 saturated carbocycles. The smallest absolute Gasteiger partial charge is 0.233 e. The standard InChI is InChI=1S/C27H34ClN5OS/c1-27(2,3)20-13-9-10-14-23(20)35-26-32-24(29-18-11-7-5-6-8-12-18)31-25(33-26)30-19-15-16-22(34-4)21(28)17-19/h9-10,13-18H,5-8,11-12H2,1-4H3,(H2,29,30,31,32,33). The van der Waals surface area contributed by atoms with Crippen molar-refractivity contribution in [2.45, 2.75) is 80.8 Å². The number of halogens is 1. The van der Waals surface area contributed by atoms with Crippen LogP contribution in [0.4, 0.5) is 17.6 Å². The van der Waals surface area contributed by atoms with Crippen LogP contribution in [-0.4, -0.2) is 28.1 Å². The average molecular weight is 512 g/mol. The fraction of sp³-hybridized carbons (Fsp3) is 0.444. The van der Waals surface area contributed by atoms with Gasteiger partial charge in [0.05, 0.1) is 12.1 Å². The summed E-state index contributed by atoms with van der Waals surface area (Å²) in [6, 6.07) is 14.4. The first kappa shape index (κ1) is 25.6. The third-order valence-corrected chi connectivity index (χ3v) is 7.34. The van der Waals surface area contributed by atoms with Crippen LogP contribution in [0.1, 0.15) is 64.9 Å². The Labute approximate surface area is 217 Å². The Morgan fingerprint density at radius 2 is 1.66 bits per heavy atom. The number of rotatable bonds is 7. The van der Waals surface area contributed by atoms with E-state index in [1.165, 1.54) is 31.2 Å². The summed E-state index contributed by atoms with van der Waals surface area (Å²) in [5.74, 6) is 1.71. The number of benzene rings is 2. The number of anilines is 3. The Hall–Kier alpha value is -2.51. The first-order valence-corrected chi connectivity index (χ1v) is 13.4. The van der Waals surface area contributed by atoms with Gasteiger partial charge in [-0.25, -0.2) is 0 Å². The molecule has 0 atom stereocenters. The van der Waals surface area contributed by atoms with Gasteiger partial charge in [-0.15, -0.1) is 0 Å². The molecule has 1 aliphatic carbocycles. The zero-order valence-corrected chi connectivity index (χ0v) is 22.5. The largest absolute Gasteiger partial charge is 0.495 e. The molecule has 0 radical (unpaired) electrons. The fourth-order valence-electron chi connectivity index (χ4n) is 4.28. The van der Waals surface area contributed by atoms with Gasteiger partial charge >= 0.3 is 0 Å². The van der Waals surface area contributed by atoms with Gasteiger partial charge < -0.3 is 15.4 Å². The summed E-state index contributed by atoms with van der Waals surface area (Å²) in [6.45, 7) is 6.66. The van der Waals surface area contributed by atoms with Crippen LogP contribution in [0.15, 0.2) is 52.5 Å². The highest BCUT2D eigenvalue weighted by atomic mass is 35.5. The SMILES string of the molecule is COc1ccc(Nc2nc(NC3CCCCCC3)nc(Sc3ccccc3C(C)(C)C)n2)cc1Cl. The second-order valence-electron chi connectivity index (χ2n) is 9.92. The van der Waals surface area contributed by atoms with E-state index in [2.05, 4.69) is 55.7 Å². The highest BCUT2D eigenvalue weighted by molar-refractivity contribution is 7.99. The molecule has 0 aliphatic heterocycles. The van der Waals surface area contributed by atoms with Gasteiger partial charge in [-0.05, 0) is 59.8 Å². The molecular formula is C27H34ClN5OS. The maximum absolute atomic E-state index is 6.34. The normalized spacial score (nSPS) is 14.9. The van der Waals surface area contributed by atoms with E-state index in [0.717, 1.165) is 23.4 Å². The van der Waals surface area contributed by atoms with Crippen molar-refractivity contribution in [3.63, 3.8) is 0 Å². The summed E-state index contributed by atoms with van der Waals surface area (Å²) >= 11 is 7.90. The van der Waals surface area contributed by atoms with Crippen molar-refractivity contribution in [3.8, 4) is 5.75 Å². The van der Waals surface area contributed by atoms with Crippen molar-refractivity contribution < 1.29 is 4.74 Å². The van der Waals surface area contributed by atoms with Crippen molar-refractivity contribution in [2.75, 3.05) is 17.7 Å². The molecule has 0 saturated heterocycles. The maximum atomic E-state index is 6.34. The van der Waals surface area contributed by atoms with E-state index in [-0.39, 0.29) is 5.41 Å². The second kappa shape index (κ2) is 11.5. The van der Waals surface area contributed by atoms with E-state index in [1.807, 2.05) is 18.2 Å². The lowest BCUT2D eigenvalue weighted by molar-refractivity contribution is 0.415. The molecule has 0 spiro atoms. The number of nitrogens with zero attached hydrogens (tertiary/aromatic N) is 3. The van der Waals surface area contributed by atoms with Gasteiger partial charge in [-0.2, -0.15) is 15.0 Å². The van der Waals surface area contributed by atoms with E-state index < -0.39 is 0 Å². The van der Waals surface area contributed by atoms with Crippen LogP contribution in [0.3, 0.4) is 0 Å². The summed E-state index contributed by atoms with van der Waals surface area (Å²) in [6.07, 6.45) is 7.34. The zero-order chi connectivity index (χ0) is 24.8. The molecule has 1 aliphatic rings. The summed E-state index contributed by atoms with van der Waals surface area (Å²) in [5, 5.41) is 8.06. The van der Waals surface area contributed by atoms with Gasteiger partial charge in [0.15, 0.2) is 5.16 Å². The molecule has 3 aromatic rings. The molecule has 0 bridgehead atoms. The van der Waals surface area contributed by atoms with Gasteiger partial charge in [0, 0.05) is 16.6 Å². The molecule has 4 rings (SSSR count). The van der Waals surface area contributed by atoms with Gasteiger partial charge in [-0.1, -0.05) is 76.3 Å². The highest BCUT2D eigenvalue weighted by Gasteiger charge is 2.20. The Morgan fingerprint density at radius 1 is 0.943 bits per heavy atom. The lowest BCUT2D eigenvalue weighted by Gasteiger charge is -2.22. The molecule has 186 valence electrons. The van der Waals surface area contributed by atoms with E-state index in [0.29, 0.717) is 33.9 Å². The van der Waals surface area contributed by atoms with E-state index >= 15 is 0 Å². The first-order chi connectivity index (χ1) is 16.8. The number of aromatic nitrogens is 3. The Bertz CT molecular complexity index is 1140. The summed E-state index contributed by atoms with van der Waals surface area (Å²) in [4.78, 5) is 15.4. The van der Waals surface area contributed by atoms with Gasteiger partial charge in [0.25, 0.3) is 0 Å². The molecule has 8 heteroatoms. The van der Waals surface area contributed by atoms with Crippen LogP contribution in [0.25, 0.3) is 0 Å². The number of methoxy groups -OCH3 is 1. The lowest BCUT2D eigenvalue weighted by atomic mass is 9.87. The monoisotopic (exact) mass is 511 g/mol. The molecule has 1 heterocycles. The van der Waals surface area contributed by atoms with Crippen molar-refractivity contribution in [2.24, 2.45) is 0 Å². The summed E-state index contributed by atoms with van der Waals surface area (Å²) < 4.78 is 5.27. The quantitative estimate of drug-likeness (QED) is 0.313. The van der Waals surface area contributed by atoms with Crippen LogP contribution in [0.2, 0.25) is 5.02 Å². The number of hydrogen-bond acceptors (Lipinski definition) is 7. The molecule has 0 unspecified atom stereocenters. The predicted octanol–water partition coefficient (Wildman–Crippen LogP) is 7.86. The van der Waals surface area contributed by atoms with Gasteiger partial charge in [0.1, 0.15) is 5.75 Å². The van der Waals surface area contributed by atoms with E-state index in [4.69, 9.17) is 31.3 Å². The number of hydrogen-bond donors (Lipinski definition) is 2. The van der Waals surface area contributed by atoms with Crippen molar-refractivity contribution in [1.82, 2.24) is 15.0 Å². The fourth-order valence-corrected chi connectivity index (χ4v) is 5.63. The Morgan fingerprint density at radius 3 is 2.34 bits per heavy atom. The third kappa shape index (κ3) is 7.01. The number of ether oxygens (including phenoxy) is 1. The van der Waals surface area contributed by atoms with Crippen LogP contribution >= 0.6 is 23.4 Å². The van der Waals surface area contributed by atoms with Crippen LogP contribution in [-0.2, 0) is 5.41 Å². The first-order valence-electron chi connectivity index (χ1n) is 12.2. The molecule has 1 aromatic heterocycles. The minimum absolute atomic E-state index is 0.0129. The second-order valence-corrected chi connectivity index (χ2v) is 11.3. The van der Waals surface area contributed by atoms with Crippen LogP contribution < -0.4 is 15.4 Å². The average Bonchev–Trinajstić information content (AvgIpc) is 3.07. The molecule has 1 fully saturated rings. The molecule has 2 N–H and O–H groups in total. The topological polar surface area (TPSA) is 72.0 Å². The summed E-state index contributed by atoms with van der Waals surface area (Å²) in [7, 11) is 1.60. The molecule has 2 aromatic carbocycles. The Kier molecular flexibility index (Phi) is 8.39. The van der Waals surface area contributed by atoms with E-state index in [1.54, 1.807) is 18.9 Å². The molecular weight excluding hydrogens is 478 g/mol.